The fraction of sp³-hybridized carbons (Fsp3) is 0.267. The van der Waals surface area contributed by atoms with Crippen molar-refractivity contribution < 1.29 is 9.72 Å². The molecule has 0 saturated heterocycles. The first-order valence-corrected chi connectivity index (χ1v) is 7.89. The van der Waals surface area contributed by atoms with E-state index in [2.05, 4.69) is 31.7 Å². The number of hydrogen-bond acceptors (Lipinski definition) is 8. The van der Waals surface area contributed by atoms with E-state index in [4.69, 9.17) is 11.6 Å². The third kappa shape index (κ3) is 5.26. The minimum Gasteiger partial charge on any atom is -0.299 e. The molecule has 2 aromatic rings. The molecule has 0 aliphatic heterocycles. The number of nitrogens with zero attached hydrogens (tertiary/aromatic N) is 3. The van der Waals surface area contributed by atoms with Gasteiger partial charge in [-0.3, -0.25) is 31.2 Å². The van der Waals surface area contributed by atoms with Crippen molar-refractivity contribution in [2.45, 2.75) is 26.3 Å². The Bertz CT molecular complexity index is 806. The number of carbonyl (C=O) groups excluding carboxylic acids is 1. The van der Waals surface area contributed by atoms with Crippen molar-refractivity contribution in [1.82, 2.24) is 20.8 Å². The number of nitrogens with one attached hydrogen (secondary N) is 4. The van der Waals surface area contributed by atoms with Crippen LogP contribution in [-0.2, 0) is 0 Å². The average molecular weight is 380 g/mol. The van der Waals surface area contributed by atoms with Gasteiger partial charge in [-0.1, -0.05) is 11.6 Å². The van der Waals surface area contributed by atoms with Crippen LogP contribution in [0.2, 0.25) is 5.02 Å². The summed E-state index contributed by atoms with van der Waals surface area (Å²) in [5.74, 6) is -0.703. The first-order valence-electron chi connectivity index (χ1n) is 7.52. The summed E-state index contributed by atoms with van der Waals surface area (Å²) in [6.45, 7) is 5.62. The molecule has 0 aliphatic rings. The second kappa shape index (κ2) is 7.93. The lowest BCUT2D eigenvalue weighted by Crippen LogP contribution is -2.40. The largest absolute Gasteiger partial charge is 0.356 e. The first-order chi connectivity index (χ1) is 12.2. The van der Waals surface area contributed by atoms with Gasteiger partial charge in [-0.15, -0.1) is 0 Å². The zero-order valence-electron chi connectivity index (χ0n) is 14.3. The number of aromatic nitrogens is 2. The van der Waals surface area contributed by atoms with Gasteiger partial charge in [0.15, 0.2) is 0 Å². The highest BCUT2D eigenvalue weighted by atomic mass is 35.5. The van der Waals surface area contributed by atoms with Crippen molar-refractivity contribution in [2.24, 2.45) is 0 Å². The van der Waals surface area contributed by atoms with Crippen molar-refractivity contribution in [1.29, 1.82) is 0 Å². The molecule has 0 spiro atoms. The number of benzene rings is 1. The Morgan fingerprint density at radius 1 is 1.12 bits per heavy atom. The molecular weight excluding hydrogens is 362 g/mol. The van der Waals surface area contributed by atoms with Gasteiger partial charge < -0.3 is 0 Å². The van der Waals surface area contributed by atoms with E-state index in [0.717, 1.165) is 6.33 Å². The van der Waals surface area contributed by atoms with Gasteiger partial charge in [0, 0.05) is 16.1 Å². The normalized spacial score (nSPS) is 10.9. The van der Waals surface area contributed by atoms with E-state index in [-0.39, 0.29) is 17.2 Å². The topological polar surface area (TPSA) is 134 Å². The maximum Gasteiger partial charge on any atom is 0.356 e. The van der Waals surface area contributed by atoms with E-state index in [1.165, 1.54) is 12.1 Å². The zero-order valence-corrected chi connectivity index (χ0v) is 15.1. The Kier molecular flexibility index (Phi) is 5.90. The molecule has 0 fully saturated rings. The number of nitro groups is 1. The summed E-state index contributed by atoms with van der Waals surface area (Å²) in [7, 11) is 0. The van der Waals surface area contributed by atoms with Crippen LogP contribution in [0.1, 0.15) is 31.1 Å². The van der Waals surface area contributed by atoms with E-state index in [9.17, 15) is 14.9 Å². The van der Waals surface area contributed by atoms with E-state index < -0.39 is 16.5 Å². The van der Waals surface area contributed by atoms with Crippen molar-refractivity contribution >= 4 is 34.8 Å². The van der Waals surface area contributed by atoms with Crippen LogP contribution >= 0.6 is 11.6 Å². The summed E-state index contributed by atoms with van der Waals surface area (Å²) in [5.41, 5.74) is 9.94. The standard InChI is InChI=1S/C15H18ClN7O3/c1-15(2,3)22-20-13-11(23(25)26)12(17-8-18-13)19-21-14(24)9-4-6-10(16)7-5-9/h4-8,22H,1-3H3,(H,21,24)(H2,17,18,19,20). The number of hydrogen-bond donors (Lipinski definition) is 4. The second-order valence-electron chi connectivity index (χ2n) is 6.26. The van der Waals surface area contributed by atoms with E-state index in [1.807, 2.05) is 20.8 Å². The van der Waals surface area contributed by atoms with Gasteiger partial charge in [0.25, 0.3) is 5.91 Å². The maximum atomic E-state index is 12.1. The van der Waals surface area contributed by atoms with Crippen LogP contribution in [-0.4, -0.2) is 26.3 Å². The van der Waals surface area contributed by atoms with Crippen molar-refractivity contribution in [3.05, 3.63) is 51.3 Å². The van der Waals surface area contributed by atoms with Crippen molar-refractivity contribution in [3.8, 4) is 0 Å². The molecule has 26 heavy (non-hydrogen) atoms. The highest BCUT2D eigenvalue weighted by molar-refractivity contribution is 6.30. The van der Waals surface area contributed by atoms with E-state index in [1.54, 1.807) is 12.1 Å². The monoisotopic (exact) mass is 379 g/mol. The predicted octanol–water partition coefficient (Wildman–Crippen LogP) is 2.51. The lowest BCUT2D eigenvalue weighted by atomic mass is 10.1. The molecule has 4 N–H and O–H groups in total. The van der Waals surface area contributed by atoms with Gasteiger partial charge in [-0.05, 0) is 45.0 Å². The summed E-state index contributed by atoms with van der Waals surface area (Å²) in [4.78, 5) is 30.5. The Morgan fingerprint density at radius 2 is 1.69 bits per heavy atom. The molecule has 0 aliphatic carbocycles. The maximum absolute atomic E-state index is 12.1. The van der Waals surface area contributed by atoms with Gasteiger partial charge in [-0.25, -0.2) is 15.4 Å². The molecule has 11 heteroatoms. The third-order valence-corrected chi connectivity index (χ3v) is 3.21. The Labute approximate surface area is 154 Å². The molecule has 0 radical (unpaired) electrons. The molecule has 10 nitrogen and oxygen atoms in total. The molecule has 1 aromatic carbocycles. The first kappa shape index (κ1) is 19.3. The summed E-state index contributed by atoms with van der Waals surface area (Å²) in [6, 6.07) is 6.16. The van der Waals surface area contributed by atoms with E-state index in [0.29, 0.717) is 10.6 Å². The van der Waals surface area contributed by atoms with Gasteiger partial charge in [0.1, 0.15) is 6.33 Å². The molecule has 0 atom stereocenters. The Balaban J connectivity index is 2.16. The average Bonchev–Trinajstić information content (AvgIpc) is 2.57. The van der Waals surface area contributed by atoms with Gasteiger partial charge in [-0.2, -0.15) is 0 Å². The minimum atomic E-state index is -0.649. The molecule has 138 valence electrons. The molecule has 0 bridgehead atoms. The molecule has 2 rings (SSSR count). The highest BCUT2D eigenvalue weighted by Gasteiger charge is 2.24. The Morgan fingerprint density at radius 3 is 2.23 bits per heavy atom. The fourth-order valence-electron chi connectivity index (χ4n) is 1.77. The van der Waals surface area contributed by atoms with Crippen LogP contribution in [0.5, 0.6) is 0 Å². The highest BCUT2D eigenvalue weighted by Crippen LogP contribution is 2.28. The lowest BCUT2D eigenvalue weighted by Gasteiger charge is -2.21. The fourth-order valence-corrected chi connectivity index (χ4v) is 1.90. The summed E-state index contributed by atoms with van der Waals surface area (Å²) in [5, 5.41) is 11.9. The quantitative estimate of drug-likeness (QED) is 0.444. The van der Waals surface area contributed by atoms with Crippen LogP contribution < -0.4 is 21.7 Å². The lowest BCUT2D eigenvalue weighted by molar-refractivity contribution is -0.383. The number of anilines is 2. The van der Waals surface area contributed by atoms with Crippen LogP contribution in [0.25, 0.3) is 0 Å². The third-order valence-electron chi connectivity index (χ3n) is 2.96. The number of carbonyl (C=O) groups is 1. The van der Waals surface area contributed by atoms with Crippen molar-refractivity contribution in [2.75, 3.05) is 10.9 Å². The van der Waals surface area contributed by atoms with Gasteiger partial charge >= 0.3 is 5.69 Å². The molecule has 0 saturated carbocycles. The number of halogens is 1. The van der Waals surface area contributed by atoms with Gasteiger partial charge in [0.05, 0.1) is 4.92 Å². The molecule has 1 aromatic heterocycles. The Hall–Kier alpha value is -2.98. The number of amides is 1. The zero-order chi connectivity index (χ0) is 19.3. The van der Waals surface area contributed by atoms with Crippen LogP contribution in [0, 0.1) is 10.1 Å². The minimum absolute atomic E-state index is 0.0387. The van der Waals surface area contributed by atoms with Crippen LogP contribution in [0.4, 0.5) is 17.3 Å². The summed E-state index contributed by atoms with van der Waals surface area (Å²) < 4.78 is 0. The summed E-state index contributed by atoms with van der Waals surface area (Å²) in [6.07, 6.45) is 1.14. The van der Waals surface area contributed by atoms with Crippen LogP contribution in [0.3, 0.4) is 0 Å². The SMILES string of the molecule is CC(C)(C)NNc1ncnc(NNC(=O)c2ccc(Cl)cc2)c1[N+](=O)[O-]. The van der Waals surface area contributed by atoms with Gasteiger partial charge in [0.2, 0.25) is 11.6 Å². The summed E-state index contributed by atoms with van der Waals surface area (Å²) >= 11 is 5.77. The van der Waals surface area contributed by atoms with Crippen molar-refractivity contribution in [3.63, 3.8) is 0 Å². The second-order valence-corrected chi connectivity index (χ2v) is 6.70. The molecule has 1 amide bonds. The smallest absolute Gasteiger partial charge is 0.299 e. The molecule has 0 unspecified atom stereocenters. The van der Waals surface area contributed by atoms with Crippen LogP contribution in [0.15, 0.2) is 30.6 Å². The number of hydrazine groups is 2. The number of rotatable bonds is 6. The predicted molar refractivity (Wildman–Crippen MR) is 97.7 cm³/mol. The molecular formula is C15H18ClN7O3. The van der Waals surface area contributed by atoms with E-state index >= 15 is 0 Å². The molecule has 1 heterocycles.